The van der Waals surface area contributed by atoms with Gasteiger partial charge in [-0.05, 0) is 31.5 Å². The Balaban J connectivity index is 1.65. The number of benzene rings is 1. The summed E-state index contributed by atoms with van der Waals surface area (Å²) in [4.78, 5) is 43.9. The van der Waals surface area contributed by atoms with Crippen molar-refractivity contribution in [1.29, 1.82) is 0 Å². The molecular weight excluding hydrogens is 456 g/mol. The lowest BCUT2D eigenvalue weighted by Crippen LogP contribution is -2.48. The van der Waals surface area contributed by atoms with Crippen LogP contribution in [0.25, 0.3) is 0 Å². The number of carbonyl (C=O) groups is 3. The molecule has 1 N–H and O–H groups in total. The summed E-state index contributed by atoms with van der Waals surface area (Å²) in [6.07, 6.45) is 0. The number of hydrogen-bond donors (Lipinski definition) is 1. The number of carbonyl (C=O) groups excluding carboxylic acids is 3. The van der Waals surface area contributed by atoms with Crippen LogP contribution in [0, 0.1) is 6.92 Å². The van der Waals surface area contributed by atoms with Crippen molar-refractivity contribution >= 4 is 39.8 Å². The number of ether oxygens (including phenoxy) is 2. The Hall–Kier alpha value is -3.11. The van der Waals surface area contributed by atoms with Gasteiger partial charge in [0, 0.05) is 40.3 Å². The van der Waals surface area contributed by atoms with Gasteiger partial charge in [-0.1, -0.05) is 12.1 Å². The minimum atomic E-state index is -0.580. The minimum Gasteiger partial charge on any atom is -0.492 e. The Morgan fingerprint density at radius 2 is 1.79 bits per heavy atom. The highest BCUT2D eigenvalue weighted by atomic mass is 32.1. The lowest BCUT2D eigenvalue weighted by Gasteiger charge is -2.36. The van der Waals surface area contributed by atoms with Crippen LogP contribution in [0.3, 0.4) is 0 Å². The van der Waals surface area contributed by atoms with E-state index in [1.165, 1.54) is 12.0 Å². The van der Waals surface area contributed by atoms with Crippen LogP contribution in [0.2, 0.25) is 0 Å². The zero-order valence-corrected chi connectivity index (χ0v) is 21.2. The van der Waals surface area contributed by atoms with Crippen molar-refractivity contribution in [2.75, 3.05) is 70.8 Å². The largest absolute Gasteiger partial charge is 0.492 e. The molecule has 10 heteroatoms. The highest BCUT2D eigenvalue weighted by Crippen LogP contribution is 2.34. The van der Waals surface area contributed by atoms with E-state index in [0.717, 1.165) is 35.9 Å². The summed E-state index contributed by atoms with van der Waals surface area (Å²) in [7, 11) is 4.57. The summed E-state index contributed by atoms with van der Waals surface area (Å²) in [5, 5.41) is 3.17. The van der Waals surface area contributed by atoms with Gasteiger partial charge >= 0.3 is 5.97 Å². The van der Waals surface area contributed by atoms with E-state index in [2.05, 4.69) is 15.1 Å². The van der Waals surface area contributed by atoms with Crippen molar-refractivity contribution in [3.8, 4) is 5.75 Å². The minimum absolute atomic E-state index is 0.190. The normalized spacial score (nSPS) is 14.0. The van der Waals surface area contributed by atoms with Crippen LogP contribution in [0.15, 0.2) is 24.3 Å². The van der Waals surface area contributed by atoms with Gasteiger partial charge in [-0.3, -0.25) is 14.5 Å². The number of para-hydroxylation sites is 2. The molecule has 1 saturated heterocycles. The zero-order valence-electron chi connectivity index (χ0n) is 20.3. The number of hydrogen-bond acceptors (Lipinski definition) is 8. The number of methoxy groups -OCH3 is 1. The van der Waals surface area contributed by atoms with Gasteiger partial charge in [-0.15, -0.1) is 11.3 Å². The highest BCUT2D eigenvalue weighted by molar-refractivity contribution is 7.18. The summed E-state index contributed by atoms with van der Waals surface area (Å²) >= 11 is 1.10. The molecule has 1 aromatic carbocycles. The quantitative estimate of drug-likeness (QED) is 0.571. The number of anilines is 2. The average Bonchev–Trinajstić information content (AvgIpc) is 3.14. The van der Waals surface area contributed by atoms with E-state index < -0.39 is 5.97 Å². The average molecular weight is 489 g/mol. The molecule has 2 amide bonds. The Kier molecular flexibility index (Phi) is 8.51. The van der Waals surface area contributed by atoms with Gasteiger partial charge in [0.25, 0.3) is 5.91 Å². The molecule has 1 fully saturated rings. The van der Waals surface area contributed by atoms with Gasteiger partial charge < -0.3 is 24.6 Å². The molecular formula is C24H32N4O5S. The maximum atomic E-state index is 12.8. The third-order valence-corrected chi connectivity index (χ3v) is 6.83. The molecule has 0 aliphatic carbocycles. The van der Waals surface area contributed by atoms with E-state index in [1.807, 2.05) is 31.2 Å². The van der Waals surface area contributed by atoms with Gasteiger partial charge in [-0.2, -0.15) is 0 Å². The number of thiophene rings is 1. The predicted molar refractivity (Wildman–Crippen MR) is 133 cm³/mol. The molecule has 1 aliphatic rings. The van der Waals surface area contributed by atoms with Crippen LogP contribution < -0.4 is 15.0 Å². The first-order valence-electron chi connectivity index (χ1n) is 11.2. The Bertz CT molecular complexity index is 1040. The SMILES string of the molecule is CCOc1ccccc1N1CCN(CC(=O)Nc2sc(C(=O)N(C)C)c(C)c2C(=O)OC)CC1. The standard InChI is InChI=1S/C24H32N4O5S/c1-6-33-18-10-8-7-9-17(18)28-13-11-27(12-14-28)15-19(29)25-22-20(24(31)32-5)16(2)21(34-22)23(30)26(3)4/h7-10H,6,11-15H2,1-5H3,(H,25,29). The number of rotatable bonds is 8. The molecule has 3 rings (SSSR count). The molecule has 2 heterocycles. The second-order valence-electron chi connectivity index (χ2n) is 8.16. The first-order chi connectivity index (χ1) is 16.3. The summed E-state index contributed by atoms with van der Waals surface area (Å²) in [5.74, 6) is -0.180. The van der Waals surface area contributed by atoms with Crippen LogP contribution >= 0.6 is 11.3 Å². The summed E-state index contributed by atoms with van der Waals surface area (Å²) in [6, 6.07) is 7.97. The number of nitrogens with zero attached hydrogens (tertiary/aromatic N) is 3. The molecule has 0 atom stereocenters. The number of amides is 2. The number of esters is 1. The first kappa shape index (κ1) is 25.5. The van der Waals surface area contributed by atoms with Crippen LogP contribution in [-0.2, 0) is 9.53 Å². The Morgan fingerprint density at radius 1 is 1.12 bits per heavy atom. The lowest BCUT2D eigenvalue weighted by molar-refractivity contribution is -0.117. The van der Waals surface area contributed by atoms with Gasteiger partial charge in [0.15, 0.2) is 0 Å². The van der Waals surface area contributed by atoms with Gasteiger partial charge in [0.05, 0.1) is 36.4 Å². The molecule has 0 radical (unpaired) electrons. The molecule has 2 aromatic rings. The number of piperazine rings is 1. The van der Waals surface area contributed by atoms with Crippen molar-refractivity contribution in [3.05, 3.63) is 40.3 Å². The Morgan fingerprint density at radius 3 is 2.41 bits per heavy atom. The van der Waals surface area contributed by atoms with E-state index >= 15 is 0 Å². The third-order valence-electron chi connectivity index (χ3n) is 5.63. The fraction of sp³-hybridized carbons (Fsp3) is 0.458. The summed E-state index contributed by atoms with van der Waals surface area (Å²) in [5.41, 5.74) is 1.79. The van der Waals surface area contributed by atoms with Crippen LogP contribution in [0.4, 0.5) is 10.7 Å². The summed E-state index contributed by atoms with van der Waals surface area (Å²) in [6.45, 7) is 7.41. The van der Waals surface area contributed by atoms with Crippen molar-refractivity contribution in [2.24, 2.45) is 0 Å². The molecule has 0 spiro atoms. The van der Waals surface area contributed by atoms with Crippen LogP contribution in [0.1, 0.15) is 32.5 Å². The molecule has 0 unspecified atom stereocenters. The molecule has 0 bridgehead atoms. The molecule has 1 aromatic heterocycles. The monoisotopic (exact) mass is 488 g/mol. The fourth-order valence-electron chi connectivity index (χ4n) is 3.87. The van der Waals surface area contributed by atoms with Gasteiger partial charge in [0.2, 0.25) is 5.91 Å². The molecule has 1 aliphatic heterocycles. The third kappa shape index (κ3) is 5.68. The van der Waals surface area contributed by atoms with E-state index in [4.69, 9.17) is 9.47 Å². The molecule has 0 saturated carbocycles. The number of nitrogens with one attached hydrogen (secondary N) is 1. The topological polar surface area (TPSA) is 91.4 Å². The van der Waals surface area contributed by atoms with E-state index in [0.29, 0.717) is 35.1 Å². The zero-order chi connectivity index (χ0) is 24.8. The predicted octanol–water partition coefficient (Wildman–Crippen LogP) is 2.70. The molecule has 184 valence electrons. The van der Waals surface area contributed by atoms with Crippen molar-refractivity contribution < 1.29 is 23.9 Å². The van der Waals surface area contributed by atoms with Crippen molar-refractivity contribution in [2.45, 2.75) is 13.8 Å². The van der Waals surface area contributed by atoms with E-state index in [1.54, 1.807) is 21.0 Å². The first-order valence-corrected chi connectivity index (χ1v) is 12.0. The maximum absolute atomic E-state index is 12.8. The van der Waals surface area contributed by atoms with Crippen molar-refractivity contribution in [1.82, 2.24) is 9.80 Å². The lowest BCUT2D eigenvalue weighted by atomic mass is 10.1. The van der Waals surface area contributed by atoms with Crippen LogP contribution in [-0.4, -0.2) is 88.1 Å². The molecule has 34 heavy (non-hydrogen) atoms. The Labute approximate surface area is 204 Å². The van der Waals surface area contributed by atoms with Crippen LogP contribution in [0.5, 0.6) is 5.75 Å². The fourth-order valence-corrected chi connectivity index (χ4v) is 5.10. The maximum Gasteiger partial charge on any atom is 0.341 e. The van der Waals surface area contributed by atoms with Gasteiger partial charge in [0.1, 0.15) is 10.8 Å². The second-order valence-corrected chi connectivity index (χ2v) is 9.18. The summed E-state index contributed by atoms with van der Waals surface area (Å²) < 4.78 is 10.6. The smallest absolute Gasteiger partial charge is 0.341 e. The second kappa shape index (κ2) is 11.3. The highest BCUT2D eigenvalue weighted by Gasteiger charge is 2.28. The van der Waals surface area contributed by atoms with Gasteiger partial charge in [-0.25, -0.2) is 4.79 Å². The van der Waals surface area contributed by atoms with Crippen molar-refractivity contribution in [3.63, 3.8) is 0 Å². The van der Waals surface area contributed by atoms with E-state index in [9.17, 15) is 14.4 Å². The van der Waals surface area contributed by atoms with E-state index in [-0.39, 0.29) is 23.9 Å². The molecule has 9 nitrogen and oxygen atoms in total.